The summed E-state index contributed by atoms with van der Waals surface area (Å²) in [6.07, 6.45) is 3.99. The number of anilines is 1. The number of aromatic nitrogens is 1. The first-order chi connectivity index (χ1) is 25.0. The molecule has 2 amide bonds. The van der Waals surface area contributed by atoms with Crippen LogP contribution in [0.3, 0.4) is 0 Å². The van der Waals surface area contributed by atoms with Crippen molar-refractivity contribution < 1.29 is 9.59 Å². The van der Waals surface area contributed by atoms with E-state index in [2.05, 4.69) is 47.9 Å². The molecular weight excluding hydrogens is 627 g/mol. The number of allylic oxidation sites excluding steroid dienone is 1. The first-order valence-corrected chi connectivity index (χ1v) is 17.1. The van der Waals surface area contributed by atoms with Crippen LogP contribution in [0.15, 0.2) is 152 Å². The number of imide groups is 1. The highest BCUT2D eigenvalue weighted by atomic mass is 16.2. The van der Waals surface area contributed by atoms with Gasteiger partial charge < -0.3 is 4.57 Å². The summed E-state index contributed by atoms with van der Waals surface area (Å²) in [7, 11) is 0. The summed E-state index contributed by atoms with van der Waals surface area (Å²) in [5.41, 5.74) is 10.2. The molecule has 0 N–H and O–H groups in total. The summed E-state index contributed by atoms with van der Waals surface area (Å²) < 4.78 is 2.10. The third-order valence-electron chi connectivity index (χ3n) is 10.3. The third-order valence-corrected chi connectivity index (χ3v) is 10.3. The Morgan fingerprint density at radius 1 is 0.608 bits per heavy atom. The first kappa shape index (κ1) is 30.3. The molecule has 0 saturated carbocycles. The Hall–Kier alpha value is -6.77. The number of rotatable bonds is 5. The van der Waals surface area contributed by atoms with E-state index >= 15 is 4.79 Å². The number of nitriles is 1. The van der Waals surface area contributed by atoms with Crippen LogP contribution in [0.1, 0.15) is 44.8 Å². The minimum atomic E-state index is -0.380. The van der Waals surface area contributed by atoms with Crippen LogP contribution >= 0.6 is 0 Å². The number of fused-ring (bicyclic) bond motifs is 4. The average molecular weight is 658 g/mol. The summed E-state index contributed by atoms with van der Waals surface area (Å²) >= 11 is 0. The topological polar surface area (TPSA) is 66.1 Å². The number of amides is 2. The molecular formula is C46H31N3O2. The van der Waals surface area contributed by atoms with E-state index in [-0.39, 0.29) is 23.7 Å². The van der Waals surface area contributed by atoms with Crippen molar-refractivity contribution in [1.82, 2.24) is 4.57 Å². The van der Waals surface area contributed by atoms with E-state index in [1.54, 1.807) is 6.07 Å². The molecule has 5 nitrogen and oxygen atoms in total. The Morgan fingerprint density at radius 3 is 1.82 bits per heavy atom. The van der Waals surface area contributed by atoms with Crippen molar-refractivity contribution in [2.24, 2.45) is 5.92 Å². The van der Waals surface area contributed by atoms with Crippen LogP contribution in [0.5, 0.6) is 0 Å². The van der Waals surface area contributed by atoms with E-state index in [1.165, 1.54) is 4.90 Å². The fraction of sp³-hybridized carbons (Fsp3) is 0.0652. The summed E-state index contributed by atoms with van der Waals surface area (Å²) in [6, 6.07) is 50.3. The van der Waals surface area contributed by atoms with Crippen molar-refractivity contribution in [3.8, 4) is 45.1 Å². The van der Waals surface area contributed by atoms with Gasteiger partial charge in [-0.15, -0.1) is 0 Å². The highest BCUT2D eigenvalue weighted by molar-refractivity contribution is 6.37. The van der Waals surface area contributed by atoms with Gasteiger partial charge in [-0.25, -0.2) is 4.90 Å². The summed E-state index contributed by atoms with van der Waals surface area (Å²) in [5, 5.41) is 11.1. The number of benzene rings is 6. The monoisotopic (exact) mass is 657 g/mol. The molecule has 2 heterocycles. The van der Waals surface area contributed by atoms with Gasteiger partial charge >= 0.3 is 0 Å². The molecule has 1 aliphatic carbocycles. The zero-order valence-corrected chi connectivity index (χ0v) is 27.8. The fourth-order valence-electron chi connectivity index (χ4n) is 7.86. The lowest BCUT2D eigenvalue weighted by Gasteiger charge is -2.25. The van der Waals surface area contributed by atoms with Gasteiger partial charge in [-0.1, -0.05) is 134 Å². The number of hydrogen-bond acceptors (Lipinski definition) is 3. The summed E-state index contributed by atoms with van der Waals surface area (Å²) in [4.78, 5) is 31.4. The Kier molecular flexibility index (Phi) is 7.12. The molecule has 1 aliphatic heterocycles. The molecule has 0 spiro atoms. The summed E-state index contributed by atoms with van der Waals surface area (Å²) in [5.74, 6) is -1.21. The van der Waals surface area contributed by atoms with E-state index in [9.17, 15) is 10.1 Å². The molecule has 242 valence electrons. The molecule has 2 unspecified atom stereocenters. The lowest BCUT2D eigenvalue weighted by Crippen LogP contribution is -2.31. The highest BCUT2D eigenvalue weighted by Crippen LogP contribution is 2.48. The zero-order chi connectivity index (χ0) is 34.6. The summed E-state index contributed by atoms with van der Waals surface area (Å²) in [6.45, 7) is 2.06. The van der Waals surface area contributed by atoms with Gasteiger partial charge in [0.25, 0.3) is 11.8 Å². The molecule has 2 aliphatic rings. The first-order valence-electron chi connectivity index (χ1n) is 17.1. The Balaban J connectivity index is 1.31. The SMILES string of the molecule is CC1c2c(c3ccccc3n2-c2cccc3c2C(=O)N(c2c(-c4ccccc4)cc(-c4ccccc4)cc2-c2ccccc2)C3=O)C=CC1C#N. The van der Waals surface area contributed by atoms with Gasteiger partial charge in [0.1, 0.15) is 0 Å². The van der Waals surface area contributed by atoms with Gasteiger partial charge in [0.05, 0.1) is 40.0 Å². The minimum absolute atomic E-state index is 0.138. The third kappa shape index (κ3) is 4.69. The van der Waals surface area contributed by atoms with Crippen LogP contribution in [0.4, 0.5) is 5.69 Å². The Morgan fingerprint density at radius 2 is 1.20 bits per heavy atom. The Labute approximate surface area is 296 Å². The lowest BCUT2D eigenvalue weighted by molar-refractivity contribution is 0.0926. The number of carbonyl (C=O) groups excluding carboxylic acids is 2. The van der Waals surface area contributed by atoms with Crippen molar-refractivity contribution in [2.75, 3.05) is 4.90 Å². The zero-order valence-electron chi connectivity index (χ0n) is 27.8. The number of para-hydroxylation sites is 1. The molecule has 2 atom stereocenters. The molecule has 0 saturated heterocycles. The molecule has 6 aromatic carbocycles. The maximum Gasteiger partial charge on any atom is 0.268 e. The number of carbonyl (C=O) groups is 2. The van der Waals surface area contributed by atoms with Gasteiger partial charge in [-0.05, 0) is 52.6 Å². The van der Waals surface area contributed by atoms with Crippen molar-refractivity contribution >= 4 is 34.5 Å². The van der Waals surface area contributed by atoms with Crippen LogP contribution in [0.2, 0.25) is 0 Å². The van der Waals surface area contributed by atoms with Crippen molar-refractivity contribution in [3.05, 3.63) is 174 Å². The average Bonchev–Trinajstić information content (AvgIpc) is 3.66. The van der Waals surface area contributed by atoms with Gasteiger partial charge in [-0.2, -0.15) is 5.26 Å². The molecule has 5 heteroatoms. The van der Waals surface area contributed by atoms with Gasteiger partial charge in [0.2, 0.25) is 0 Å². The molecule has 7 aromatic rings. The molecule has 1 aromatic heterocycles. The van der Waals surface area contributed by atoms with Crippen molar-refractivity contribution in [2.45, 2.75) is 12.8 Å². The Bertz CT molecular complexity index is 2530. The maximum absolute atomic E-state index is 15.2. The normalized spacial score (nSPS) is 16.3. The molecule has 0 bridgehead atoms. The molecule has 0 radical (unpaired) electrons. The second-order valence-corrected chi connectivity index (χ2v) is 13.1. The number of nitrogens with zero attached hydrogens (tertiary/aromatic N) is 3. The lowest BCUT2D eigenvalue weighted by atomic mass is 9.84. The maximum atomic E-state index is 15.2. The van der Waals surface area contributed by atoms with Crippen LogP contribution in [-0.4, -0.2) is 16.4 Å². The largest absolute Gasteiger partial charge is 0.312 e. The number of hydrogen-bond donors (Lipinski definition) is 0. The van der Waals surface area contributed by atoms with E-state index < -0.39 is 0 Å². The minimum Gasteiger partial charge on any atom is -0.312 e. The predicted octanol–water partition coefficient (Wildman–Crippen LogP) is 10.7. The van der Waals surface area contributed by atoms with Gasteiger partial charge in [0.15, 0.2) is 0 Å². The quantitative estimate of drug-likeness (QED) is 0.173. The van der Waals surface area contributed by atoms with Crippen LogP contribution in [0.25, 0.3) is 56.0 Å². The smallest absolute Gasteiger partial charge is 0.268 e. The second kappa shape index (κ2) is 12.0. The molecule has 9 rings (SSSR count). The van der Waals surface area contributed by atoms with Crippen LogP contribution in [-0.2, 0) is 0 Å². The van der Waals surface area contributed by atoms with Gasteiger partial charge in [0, 0.05) is 33.7 Å². The van der Waals surface area contributed by atoms with E-state index in [1.807, 2.05) is 121 Å². The molecule has 0 fully saturated rings. The standard InChI is InChI=1S/C46H31N3O2/c1-29-33(28-47)24-25-36-35-20-11-12-22-40(35)48(43(29)36)41-23-13-21-37-42(41)46(51)49(45(37)50)44-38(31-16-7-3-8-17-31)26-34(30-14-5-2-6-15-30)27-39(44)32-18-9-4-10-19-32/h2-27,29,33H,1H3. The predicted molar refractivity (Wildman–Crippen MR) is 204 cm³/mol. The van der Waals surface area contributed by atoms with E-state index in [0.717, 1.165) is 55.5 Å². The highest BCUT2D eigenvalue weighted by Gasteiger charge is 2.42. The van der Waals surface area contributed by atoms with E-state index in [0.29, 0.717) is 22.5 Å². The van der Waals surface area contributed by atoms with Crippen molar-refractivity contribution in [1.29, 1.82) is 5.26 Å². The van der Waals surface area contributed by atoms with Crippen molar-refractivity contribution in [3.63, 3.8) is 0 Å². The van der Waals surface area contributed by atoms with Crippen LogP contribution in [0, 0.1) is 17.2 Å². The van der Waals surface area contributed by atoms with Gasteiger partial charge in [-0.3, -0.25) is 9.59 Å². The van der Waals surface area contributed by atoms with Crippen LogP contribution < -0.4 is 4.90 Å². The molecule has 51 heavy (non-hydrogen) atoms. The van der Waals surface area contributed by atoms with E-state index in [4.69, 9.17) is 0 Å². The second-order valence-electron chi connectivity index (χ2n) is 13.1. The fourth-order valence-corrected chi connectivity index (χ4v) is 7.86.